The third-order valence-electron chi connectivity index (χ3n) is 4.12. The molecule has 0 aliphatic heterocycles. The van der Waals surface area contributed by atoms with E-state index in [2.05, 4.69) is 33.7 Å². The van der Waals surface area contributed by atoms with Crippen LogP contribution >= 0.6 is 15.9 Å². The topological polar surface area (TPSA) is 76.7 Å². The van der Waals surface area contributed by atoms with E-state index in [0.29, 0.717) is 11.5 Å². The minimum atomic E-state index is -0.776. The van der Waals surface area contributed by atoms with Gasteiger partial charge in [-0.2, -0.15) is 0 Å². The monoisotopic (exact) mass is 448 g/mol. The van der Waals surface area contributed by atoms with Crippen molar-refractivity contribution in [3.63, 3.8) is 0 Å². The molecule has 1 unspecified atom stereocenters. The largest absolute Gasteiger partial charge is 0.484 e. The van der Waals surface area contributed by atoms with Crippen LogP contribution in [-0.4, -0.2) is 24.5 Å². The Kier molecular flexibility index (Phi) is 7.87. The summed E-state index contributed by atoms with van der Waals surface area (Å²) >= 11 is 3.43. The SMILES string of the molecule is CCc1ccc(OCC(=O)NNC(=O)C(C)Oc2c(C)cc(Br)cc2C)cc1. The van der Waals surface area contributed by atoms with Crippen molar-refractivity contribution in [2.45, 2.75) is 40.2 Å². The van der Waals surface area contributed by atoms with Crippen molar-refractivity contribution in [3.05, 3.63) is 57.6 Å². The second-order valence-corrected chi connectivity index (χ2v) is 7.37. The zero-order valence-corrected chi connectivity index (χ0v) is 18.1. The zero-order chi connectivity index (χ0) is 20.7. The molecule has 0 saturated heterocycles. The molecule has 0 aliphatic rings. The Hall–Kier alpha value is -2.54. The van der Waals surface area contributed by atoms with Crippen molar-refractivity contribution < 1.29 is 19.1 Å². The van der Waals surface area contributed by atoms with Gasteiger partial charge in [-0.25, -0.2) is 0 Å². The van der Waals surface area contributed by atoms with Crippen LogP contribution in [0.1, 0.15) is 30.5 Å². The Morgan fingerprint density at radius 1 is 1.07 bits per heavy atom. The molecule has 2 aromatic carbocycles. The first-order valence-corrected chi connectivity index (χ1v) is 9.83. The Bertz CT molecular complexity index is 814. The van der Waals surface area contributed by atoms with Crippen LogP contribution in [0.2, 0.25) is 0 Å². The summed E-state index contributed by atoms with van der Waals surface area (Å²) in [5.74, 6) is 0.325. The Morgan fingerprint density at radius 3 is 2.25 bits per heavy atom. The normalized spacial score (nSPS) is 11.5. The van der Waals surface area contributed by atoms with Crippen molar-refractivity contribution in [1.82, 2.24) is 10.9 Å². The smallest absolute Gasteiger partial charge is 0.279 e. The van der Waals surface area contributed by atoms with Gasteiger partial charge >= 0.3 is 0 Å². The lowest BCUT2D eigenvalue weighted by molar-refractivity contribution is -0.133. The fourth-order valence-electron chi connectivity index (χ4n) is 2.55. The Labute approximate surface area is 173 Å². The summed E-state index contributed by atoms with van der Waals surface area (Å²) in [6.45, 7) is 7.30. The molecule has 150 valence electrons. The molecule has 0 saturated carbocycles. The highest BCUT2D eigenvalue weighted by atomic mass is 79.9. The number of rotatable bonds is 7. The molecule has 0 heterocycles. The van der Waals surface area contributed by atoms with E-state index >= 15 is 0 Å². The van der Waals surface area contributed by atoms with E-state index in [9.17, 15) is 9.59 Å². The fraction of sp³-hybridized carbons (Fsp3) is 0.333. The molecule has 0 aliphatic carbocycles. The molecule has 6 nitrogen and oxygen atoms in total. The average molecular weight is 449 g/mol. The molecule has 0 bridgehead atoms. The van der Waals surface area contributed by atoms with E-state index in [1.165, 1.54) is 5.56 Å². The number of benzene rings is 2. The van der Waals surface area contributed by atoms with Crippen LogP contribution in [-0.2, 0) is 16.0 Å². The summed E-state index contributed by atoms with van der Waals surface area (Å²) in [6.07, 6.45) is 0.160. The van der Waals surface area contributed by atoms with Crippen molar-refractivity contribution in [2.24, 2.45) is 0 Å². The van der Waals surface area contributed by atoms with E-state index in [1.54, 1.807) is 6.92 Å². The quantitative estimate of drug-likeness (QED) is 0.634. The number of aryl methyl sites for hydroxylation is 3. The maximum atomic E-state index is 12.2. The van der Waals surface area contributed by atoms with E-state index in [4.69, 9.17) is 9.47 Å². The lowest BCUT2D eigenvalue weighted by Crippen LogP contribution is -2.48. The Balaban J connectivity index is 1.79. The second kappa shape index (κ2) is 10.1. The molecule has 0 aromatic heterocycles. The molecule has 2 rings (SSSR count). The highest BCUT2D eigenvalue weighted by Crippen LogP contribution is 2.28. The van der Waals surface area contributed by atoms with E-state index in [1.807, 2.05) is 50.2 Å². The predicted octanol–water partition coefficient (Wildman–Crippen LogP) is 3.62. The third-order valence-corrected chi connectivity index (χ3v) is 4.57. The van der Waals surface area contributed by atoms with E-state index in [-0.39, 0.29) is 6.61 Å². The van der Waals surface area contributed by atoms with Gasteiger partial charge in [-0.15, -0.1) is 0 Å². The number of hydrogen-bond donors (Lipinski definition) is 2. The van der Waals surface area contributed by atoms with Crippen LogP contribution in [0.25, 0.3) is 0 Å². The summed E-state index contributed by atoms with van der Waals surface area (Å²) in [6, 6.07) is 11.3. The summed E-state index contributed by atoms with van der Waals surface area (Å²) in [7, 11) is 0. The number of nitrogens with one attached hydrogen (secondary N) is 2. The highest BCUT2D eigenvalue weighted by molar-refractivity contribution is 9.10. The summed E-state index contributed by atoms with van der Waals surface area (Å²) in [5.41, 5.74) is 7.70. The van der Waals surface area contributed by atoms with Gasteiger partial charge in [0.15, 0.2) is 12.7 Å². The van der Waals surface area contributed by atoms with Gasteiger partial charge in [0.1, 0.15) is 11.5 Å². The van der Waals surface area contributed by atoms with Crippen molar-refractivity contribution >= 4 is 27.7 Å². The summed E-state index contributed by atoms with van der Waals surface area (Å²) < 4.78 is 12.1. The van der Waals surface area contributed by atoms with Gasteiger partial charge in [0, 0.05) is 4.47 Å². The van der Waals surface area contributed by atoms with Gasteiger partial charge in [0.05, 0.1) is 0 Å². The molecule has 0 spiro atoms. The number of carbonyl (C=O) groups excluding carboxylic acids is 2. The molecule has 1 atom stereocenters. The fourth-order valence-corrected chi connectivity index (χ4v) is 3.24. The molecular formula is C21H25BrN2O4. The minimum Gasteiger partial charge on any atom is -0.484 e. The van der Waals surface area contributed by atoms with Crippen LogP contribution in [0.5, 0.6) is 11.5 Å². The number of hydrazine groups is 1. The first-order chi connectivity index (χ1) is 13.3. The molecule has 2 amide bonds. The standard InChI is InChI=1S/C21H25BrN2O4/c1-5-16-6-8-18(9-7-16)27-12-19(25)23-24-21(26)15(4)28-20-13(2)10-17(22)11-14(20)3/h6-11,15H,5,12H2,1-4H3,(H,23,25)(H,24,26). The predicted molar refractivity (Wildman–Crippen MR) is 111 cm³/mol. The minimum absolute atomic E-state index is 0.202. The van der Waals surface area contributed by atoms with Gasteiger partial charge in [-0.1, -0.05) is 35.0 Å². The maximum absolute atomic E-state index is 12.2. The maximum Gasteiger partial charge on any atom is 0.279 e. The van der Waals surface area contributed by atoms with Gasteiger partial charge in [-0.3, -0.25) is 20.4 Å². The molecule has 2 N–H and O–H groups in total. The van der Waals surface area contributed by atoms with Crippen LogP contribution < -0.4 is 20.3 Å². The molecule has 28 heavy (non-hydrogen) atoms. The molecular weight excluding hydrogens is 424 g/mol. The zero-order valence-electron chi connectivity index (χ0n) is 16.5. The summed E-state index contributed by atoms with van der Waals surface area (Å²) in [5, 5.41) is 0. The highest BCUT2D eigenvalue weighted by Gasteiger charge is 2.18. The number of hydrogen-bond acceptors (Lipinski definition) is 4. The molecule has 0 fully saturated rings. The molecule has 7 heteroatoms. The summed E-state index contributed by atoms with van der Waals surface area (Å²) in [4.78, 5) is 24.1. The van der Waals surface area contributed by atoms with Crippen LogP contribution in [0.4, 0.5) is 0 Å². The number of halogens is 1. The van der Waals surface area contributed by atoms with Crippen LogP contribution in [0.15, 0.2) is 40.9 Å². The first kappa shape index (κ1) is 21.8. The van der Waals surface area contributed by atoms with Crippen LogP contribution in [0, 0.1) is 13.8 Å². The van der Waals surface area contributed by atoms with Gasteiger partial charge in [-0.05, 0) is 68.1 Å². The van der Waals surface area contributed by atoms with E-state index in [0.717, 1.165) is 22.0 Å². The number of carbonyl (C=O) groups is 2. The van der Waals surface area contributed by atoms with Crippen molar-refractivity contribution in [1.29, 1.82) is 0 Å². The van der Waals surface area contributed by atoms with Crippen molar-refractivity contribution in [2.75, 3.05) is 6.61 Å². The average Bonchev–Trinajstić information content (AvgIpc) is 2.67. The third kappa shape index (κ3) is 6.27. The molecule has 2 aromatic rings. The first-order valence-electron chi connectivity index (χ1n) is 9.04. The second-order valence-electron chi connectivity index (χ2n) is 6.45. The van der Waals surface area contributed by atoms with Gasteiger partial charge in [0.25, 0.3) is 11.8 Å². The Morgan fingerprint density at radius 2 is 1.68 bits per heavy atom. The van der Waals surface area contributed by atoms with Crippen LogP contribution in [0.3, 0.4) is 0 Å². The van der Waals surface area contributed by atoms with E-state index < -0.39 is 17.9 Å². The lowest BCUT2D eigenvalue weighted by Gasteiger charge is -2.18. The van der Waals surface area contributed by atoms with Gasteiger partial charge in [0.2, 0.25) is 0 Å². The van der Waals surface area contributed by atoms with Gasteiger partial charge < -0.3 is 9.47 Å². The molecule has 0 radical (unpaired) electrons. The lowest BCUT2D eigenvalue weighted by atomic mass is 10.1. The number of ether oxygens (including phenoxy) is 2. The number of amides is 2. The van der Waals surface area contributed by atoms with Crippen molar-refractivity contribution in [3.8, 4) is 11.5 Å².